The van der Waals surface area contributed by atoms with Crippen LogP contribution in [0.4, 0.5) is 11.4 Å². The number of nitrogens with zero attached hydrogens (tertiary/aromatic N) is 10. The zero-order valence-electron chi connectivity index (χ0n) is 41.1. The van der Waals surface area contributed by atoms with Gasteiger partial charge in [-0.3, -0.25) is 72.8 Å². The lowest BCUT2D eigenvalue weighted by Crippen LogP contribution is -2.53. The van der Waals surface area contributed by atoms with Crippen molar-refractivity contribution in [3.63, 3.8) is 0 Å². The number of isothiocyanates is 2. The maximum atomic E-state index is 11.8. The number of carbonyl (C=O) groups is 7. The molecule has 3 heterocycles. The number of carboxylic acids is 7. The molecule has 2 bridgehead atoms. The van der Waals surface area contributed by atoms with Crippen molar-refractivity contribution in [1.29, 1.82) is 0 Å². The number of hydrogen-bond donors (Lipinski definition) is 7. The molecule has 0 saturated carbocycles. The first-order chi connectivity index (χ1) is 35.8. The van der Waals surface area contributed by atoms with Gasteiger partial charge in [-0.05, 0) is 84.8 Å². The fourth-order valence-corrected chi connectivity index (χ4v) is 8.98. The first-order valence-electron chi connectivity index (χ1n) is 23.7. The quantitative estimate of drug-likeness (QED) is 0.0623. The topological polar surface area (TPSA) is 321 Å². The average Bonchev–Trinajstić information content (AvgIpc) is 3.32. The fourth-order valence-electron chi connectivity index (χ4n) is 8.77. The van der Waals surface area contributed by atoms with Gasteiger partial charge in [0.15, 0.2) is 0 Å². The number of rotatable bonds is 20. The molecule has 7 N–H and O–H groups in total. The van der Waals surface area contributed by atoms with Crippen LogP contribution in [0.2, 0.25) is 0 Å². The number of aliphatic imine (C=N–C) groups is 2. The highest BCUT2D eigenvalue weighted by Gasteiger charge is 2.29. The van der Waals surface area contributed by atoms with Gasteiger partial charge in [-0.1, -0.05) is 30.3 Å². The minimum absolute atomic E-state index is 0.208. The summed E-state index contributed by atoms with van der Waals surface area (Å²) in [6.45, 7) is 1.15. The van der Waals surface area contributed by atoms with E-state index in [9.17, 15) is 69.3 Å². The third-order valence-electron chi connectivity index (χ3n) is 12.1. The van der Waals surface area contributed by atoms with Crippen LogP contribution in [0.15, 0.2) is 76.7 Å². The summed E-state index contributed by atoms with van der Waals surface area (Å²) in [7, 11) is 0. The zero-order chi connectivity index (χ0) is 54.9. The molecule has 2 aliphatic rings. The molecule has 2 atom stereocenters. The number of fused-ring (bicyclic) bond motifs is 2. The first kappa shape index (κ1) is 60.8. The molecular formula is C49H62N10O14S2. The van der Waals surface area contributed by atoms with E-state index in [4.69, 9.17) is 0 Å². The van der Waals surface area contributed by atoms with Crippen LogP contribution in [0, 0.1) is 0 Å². The van der Waals surface area contributed by atoms with Gasteiger partial charge in [-0.2, -0.15) is 9.98 Å². The van der Waals surface area contributed by atoms with Crippen LogP contribution in [-0.2, 0) is 59.5 Å². The lowest BCUT2D eigenvalue weighted by molar-refractivity contribution is -0.142. The number of benzene rings is 2. The largest absolute Gasteiger partial charge is 0.480 e. The van der Waals surface area contributed by atoms with E-state index >= 15 is 0 Å². The Morgan fingerprint density at radius 2 is 0.773 bits per heavy atom. The van der Waals surface area contributed by atoms with Crippen molar-refractivity contribution in [2.45, 2.75) is 38.0 Å². The van der Waals surface area contributed by atoms with E-state index in [0.717, 1.165) is 11.1 Å². The molecule has 1 aromatic heterocycles. The van der Waals surface area contributed by atoms with Gasteiger partial charge in [0.25, 0.3) is 0 Å². The number of thiocarbonyl (C=S) groups is 2. The molecular weight excluding hydrogens is 1020 g/mol. The highest BCUT2D eigenvalue weighted by Crippen LogP contribution is 2.20. The first-order valence-corrected chi connectivity index (χ1v) is 24.5. The van der Waals surface area contributed by atoms with Crippen molar-refractivity contribution in [2.75, 3.05) is 111 Å². The van der Waals surface area contributed by atoms with Crippen LogP contribution >= 0.6 is 24.4 Å². The Morgan fingerprint density at radius 1 is 0.440 bits per heavy atom. The van der Waals surface area contributed by atoms with Gasteiger partial charge in [-0.15, -0.1) is 0 Å². The molecule has 5 rings (SSSR count). The summed E-state index contributed by atoms with van der Waals surface area (Å²) >= 11 is 9.28. The summed E-state index contributed by atoms with van der Waals surface area (Å²) < 4.78 is 0. The molecule has 1 fully saturated rings. The number of hydrogen-bond acceptors (Lipinski definition) is 19. The minimum atomic E-state index is -1.06. The molecule has 0 radical (unpaired) electrons. The van der Waals surface area contributed by atoms with E-state index in [2.05, 4.69) is 49.7 Å². The Kier molecular flexibility index (Phi) is 25.8. The zero-order valence-corrected chi connectivity index (χ0v) is 42.8. The Hall–Kier alpha value is -6.80. The van der Waals surface area contributed by atoms with Gasteiger partial charge >= 0.3 is 41.8 Å². The Bertz CT molecular complexity index is 2510. The third-order valence-corrected chi connectivity index (χ3v) is 12.3. The van der Waals surface area contributed by atoms with Crippen LogP contribution < -0.4 is 0 Å². The van der Waals surface area contributed by atoms with Crippen molar-refractivity contribution in [1.82, 2.24) is 39.3 Å². The molecule has 3 aromatic rings. The lowest BCUT2D eigenvalue weighted by Gasteiger charge is -2.37. The van der Waals surface area contributed by atoms with Crippen LogP contribution in [0.5, 0.6) is 0 Å². The summed E-state index contributed by atoms with van der Waals surface area (Å²) in [5.74, 6) is -7.21. The Labute approximate surface area is 443 Å². The second kappa shape index (κ2) is 31.8. The van der Waals surface area contributed by atoms with Gasteiger partial charge < -0.3 is 35.7 Å². The molecule has 1 saturated heterocycles. The monoisotopic (exact) mass is 1080 g/mol. The average molecular weight is 1080 g/mol. The van der Waals surface area contributed by atoms with E-state index in [1.165, 1.54) is 0 Å². The number of pyridine rings is 1. The summed E-state index contributed by atoms with van der Waals surface area (Å²) in [6.07, 6.45) is 0.840. The molecule has 2 unspecified atom stereocenters. The molecule has 0 amide bonds. The molecule has 0 aliphatic carbocycles. The van der Waals surface area contributed by atoms with E-state index in [1.807, 2.05) is 30.3 Å². The SMILES string of the molecule is O=C(O)CN1CCN(CC(=O)O)CC(Cc2ccc(N=C=S)cc2)N(CC(=O)O)Cc2cccc(n2)C1.O=C(O)CN1CCN(CC(=O)O)CCN(CC(=O)O)C(Cc2ccc(N=C=S)cc2)CN(CC(=O)O)CC1. The highest BCUT2D eigenvalue weighted by molar-refractivity contribution is 7.78. The van der Waals surface area contributed by atoms with Crippen LogP contribution in [0.1, 0.15) is 22.5 Å². The molecule has 2 aromatic carbocycles. The van der Waals surface area contributed by atoms with Gasteiger partial charge in [0.1, 0.15) is 0 Å². The normalized spacial score (nSPS) is 18.3. The van der Waals surface area contributed by atoms with E-state index < -0.39 is 47.8 Å². The smallest absolute Gasteiger partial charge is 0.317 e. The van der Waals surface area contributed by atoms with Crippen LogP contribution in [0.3, 0.4) is 0 Å². The maximum Gasteiger partial charge on any atom is 0.317 e. The van der Waals surface area contributed by atoms with Crippen LogP contribution in [-0.4, -0.2) is 250 Å². The highest BCUT2D eigenvalue weighted by atomic mass is 32.1. The third kappa shape index (κ3) is 24.0. The van der Waals surface area contributed by atoms with Gasteiger partial charge in [0.2, 0.25) is 0 Å². The summed E-state index contributed by atoms with van der Waals surface area (Å²) in [6, 6.07) is 19.1. The lowest BCUT2D eigenvalue weighted by atomic mass is 10.0. The van der Waals surface area contributed by atoms with E-state index in [0.29, 0.717) is 48.7 Å². The molecule has 75 heavy (non-hydrogen) atoms. The maximum absolute atomic E-state index is 11.8. The molecule has 404 valence electrons. The molecule has 2 aliphatic heterocycles. The predicted octanol–water partition coefficient (Wildman–Crippen LogP) is 1.49. The number of carboxylic acid groups (broad SMARTS) is 7. The molecule has 24 nitrogen and oxygen atoms in total. The van der Waals surface area contributed by atoms with Crippen molar-refractivity contribution in [3.8, 4) is 0 Å². The van der Waals surface area contributed by atoms with Gasteiger partial charge in [-0.25, -0.2) is 0 Å². The van der Waals surface area contributed by atoms with Crippen molar-refractivity contribution in [2.24, 2.45) is 9.98 Å². The summed E-state index contributed by atoms with van der Waals surface area (Å²) in [4.78, 5) is 106. The minimum Gasteiger partial charge on any atom is -0.480 e. The Balaban J connectivity index is 0.000000325. The summed E-state index contributed by atoms with van der Waals surface area (Å²) in [5, 5.41) is 71.0. The molecule has 0 spiro atoms. The van der Waals surface area contributed by atoms with Gasteiger partial charge in [0.05, 0.1) is 78.9 Å². The van der Waals surface area contributed by atoms with E-state index in [-0.39, 0.29) is 117 Å². The standard InChI is InChI=1S/C25H29N5O6S.C24H33N5O8S/c31-23(32)14-28-8-9-29(15-24(33)34)13-22(10-18-4-6-19(7-5-18)26-17-37)30(16-25(35)36)12-21-3-1-2-20(11-28)27-21;30-21(31)13-26-5-6-27(14-22(32)33)9-10-29(16-24(36)37)20(12-28(8-7-26)15-23(34)35)11-18-1-3-19(4-2-18)25-17-38/h1-7,22H,8-16H2,(H,31,32)(H,33,34)(H,35,36);1-4,20H,5-16H2,(H,30,31)(H,32,33)(H,34,35)(H,36,37). The van der Waals surface area contributed by atoms with Crippen molar-refractivity contribution in [3.05, 3.63) is 89.2 Å². The fraction of sp³-hybridized carbons (Fsp3) is 0.469. The van der Waals surface area contributed by atoms with E-state index in [1.54, 1.807) is 70.7 Å². The second-order valence-corrected chi connectivity index (χ2v) is 18.3. The van der Waals surface area contributed by atoms with Crippen molar-refractivity contribution < 1.29 is 69.3 Å². The summed E-state index contributed by atoms with van der Waals surface area (Å²) in [5.41, 5.74) is 4.35. The van der Waals surface area contributed by atoms with Crippen LogP contribution in [0.25, 0.3) is 0 Å². The van der Waals surface area contributed by atoms with Gasteiger partial charge in [0, 0.05) is 90.6 Å². The van der Waals surface area contributed by atoms with Crippen molar-refractivity contribution >= 4 is 87.9 Å². The second-order valence-electron chi connectivity index (χ2n) is 17.9. The predicted molar refractivity (Wildman–Crippen MR) is 278 cm³/mol. The number of aromatic nitrogens is 1. The Morgan fingerprint density at radius 3 is 1.19 bits per heavy atom. The number of aliphatic carboxylic acids is 7. The molecule has 26 heteroatoms.